The summed E-state index contributed by atoms with van der Waals surface area (Å²) in [6, 6.07) is 3.55. The maximum absolute atomic E-state index is 13.0. The van der Waals surface area contributed by atoms with Gasteiger partial charge in [-0.15, -0.1) is 0 Å². The van der Waals surface area contributed by atoms with Crippen molar-refractivity contribution >= 4 is 21.9 Å². The van der Waals surface area contributed by atoms with Crippen molar-refractivity contribution in [1.82, 2.24) is 9.62 Å². The molecule has 1 fully saturated rings. The number of carbonyl (C=O) groups excluding carboxylic acids is 1. The van der Waals surface area contributed by atoms with Crippen LogP contribution in [0.1, 0.15) is 25.7 Å². The number of hydrogen-bond donors (Lipinski definition) is 2. The smallest absolute Gasteiger partial charge is 0.305 e. The molecule has 1 aromatic carbocycles. The Morgan fingerprint density at radius 1 is 1.25 bits per heavy atom. The number of aliphatic carboxylic acids is 1. The zero-order valence-electron chi connectivity index (χ0n) is 12.9. The molecule has 2 rings (SSSR count). The van der Waals surface area contributed by atoms with Crippen LogP contribution in [0, 0.1) is 5.82 Å². The number of halogens is 1. The van der Waals surface area contributed by atoms with Crippen molar-refractivity contribution in [2.24, 2.45) is 0 Å². The van der Waals surface area contributed by atoms with Crippen molar-refractivity contribution in [3.8, 4) is 0 Å². The minimum atomic E-state index is -3.92. The normalized spacial score (nSPS) is 19.0. The molecule has 0 spiro atoms. The lowest BCUT2D eigenvalue weighted by Crippen LogP contribution is -2.52. The summed E-state index contributed by atoms with van der Waals surface area (Å²) in [6.07, 6.45) is 1.45. The molecular weight excluding hydrogens is 339 g/mol. The Labute approximate surface area is 139 Å². The fourth-order valence-electron chi connectivity index (χ4n) is 2.61. The van der Waals surface area contributed by atoms with Crippen LogP contribution < -0.4 is 5.32 Å². The van der Waals surface area contributed by atoms with Gasteiger partial charge in [0.15, 0.2) is 0 Å². The number of nitrogens with one attached hydrogen (secondary N) is 1. The minimum absolute atomic E-state index is 0.0604. The Kier molecular flexibility index (Phi) is 5.89. The van der Waals surface area contributed by atoms with Crippen molar-refractivity contribution in [3.63, 3.8) is 0 Å². The first-order chi connectivity index (χ1) is 11.3. The molecule has 1 amide bonds. The van der Waals surface area contributed by atoms with Crippen molar-refractivity contribution < 1.29 is 27.5 Å². The van der Waals surface area contributed by atoms with Gasteiger partial charge in [0.25, 0.3) is 0 Å². The van der Waals surface area contributed by atoms with Crippen LogP contribution in [0.15, 0.2) is 29.2 Å². The zero-order valence-corrected chi connectivity index (χ0v) is 13.8. The number of nitrogens with zero attached hydrogens (tertiary/aromatic N) is 1. The summed E-state index contributed by atoms with van der Waals surface area (Å²) >= 11 is 0. The molecule has 0 saturated carbocycles. The highest BCUT2D eigenvalue weighted by molar-refractivity contribution is 7.89. The first-order valence-electron chi connectivity index (χ1n) is 7.59. The second-order valence-corrected chi connectivity index (χ2v) is 7.41. The lowest BCUT2D eigenvalue weighted by molar-refractivity contribution is -0.137. The van der Waals surface area contributed by atoms with E-state index in [2.05, 4.69) is 5.32 Å². The van der Waals surface area contributed by atoms with Crippen LogP contribution in [0.2, 0.25) is 0 Å². The number of hydrogen-bond acceptors (Lipinski definition) is 4. The van der Waals surface area contributed by atoms with E-state index >= 15 is 0 Å². The molecule has 1 aromatic rings. The molecule has 1 heterocycles. The van der Waals surface area contributed by atoms with Gasteiger partial charge in [0.05, 0.1) is 11.3 Å². The van der Waals surface area contributed by atoms with E-state index in [1.807, 2.05) is 0 Å². The highest BCUT2D eigenvalue weighted by Crippen LogP contribution is 2.25. The summed E-state index contributed by atoms with van der Waals surface area (Å²) in [4.78, 5) is 22.7. The Bertz CT molecular complexity index is 705. The number of carboxylic acids is 1. The van der Waals surface area contributed by atoms with Crippen LogP contribution in [0.25, 0.3) is 0 Å². The van der Waals surface area contributed by atoms with Gasteiger partial charge in [-0.3, -0.25) is 9.59 Å². The second-order valence-electron chi connectivity index (χ2n) is 5.52. The van der Waals surface area contributed by atoms with Gasteiger partial charge in [0.2, 0.25) is 15.9 Å². The molecule has 0 radical (unpaired) electrons. The van der Waals surface area contributed by atoms with Gasteiger partial charge in [0, 0.05) is 13.1 Å². The van der Waals surface area contributed by atoms with E-state index in [0.29, 0.717) is 19.3 Å². The number of rotatable bonds is 6. The van der Waals surface area contributed by atoms with E-state index in [0.717, 1.165) is 16.4 Å². The highest BCUT2D eigenvalue weighted by Gasteiger charge is 2.37. The van der Waals surface area contributed by atoms with Gasteiger partial charge in [-0.25, -0.2) is 12.8 Å². The number of carbonyl (C=O) groups is 2. The molecule has 132 valence electrons. The second kappa shape index (κ2) is 7.71. The van der Waals surface area contributed by atoms with Crippen LogP contribution in [-0.2, 0) is 19.6 Å². The van der Waals surface area contributed by atoms with E-state index in [1.165, 1.54) is 12.1 Å². The highest BCUT2D eigenvalue weighted by atomic mass is 32.2. The maximum Gasteiger partial charge on any atom is 0.305 e. The van der Waals surface area contributed by atoms with Gasteiger partial charge < -0.3 is 10.4 Å². The SMILES string of the molecule is O=C(O)CCNC(=O)[C@@H]1CCCCN1S(=O)(=O)c1ccc(F)cc1. The van der Waals surface area contributed by atoms with Gasteiger partial charge >= 0.3 is 5.97 Å². The van der Waals surface area contributed by atoms with Crippen molar-refractivity contribution in [3.05, 3.63) is 30.1 Å². The topological polar surface area (TPSA) is 104 Å². The van der Waals surface area contributed by atoms with Crippen LogP contribution >= 0.6 is 0 Å². The standard InChI is InChI=1S/C15H19FN2O5S/c16-11-4-6-12(7-5-11)24(22,23)18-10-2-1-3-13(18)15(21)17-9-8-14(19)20/h4-7,13H,1-3,8-10H2,(H,17,21)(H,19,20)/t13-/m0/s1. The number of carboxylic acid groups (broad SMARTS) is 1. The third-order valence-electron chi connectivity index (χ3n) is 3.81. The van der Waals surface area contributed by atoms with E-state index in [1.54, 1.807) is 0 Å². The van der Waals surface area contributed by atoms with Crippen molar-refractivity contribution in [2.75, 3.05) is 13.1 Å². The molecule has 0 unspecified atom stereocenters. The van der Waals surface area contributed by atoms with E-state index in [4.69, 9.17) is 5.11 Å². The average molecular weight is 358 g/mol. The molecule has 0 bridgehead atoms. The predicted octanol–water partition coefficient (Wildman–Crippen LogP) is 0.960. The summed E-state index contributed by atoms with van der Waals surface area (Å²) in [6.45, 7) is 0.131. The molecule has 2 N–H and O–H groups in total. The van der Waals surface area contributed by atoms with Gasteiger partial charge in [0.1, 0.15) is 11.9 Å². The van der Waals surface area contributed by atoms with Crippen LogP contribution in [0.3, 0.4) is 0 Å². The van der Waals surface area contributed by atoms with Crippen LogP contribution in [0.4, 0.5) is 4.39 Å². The van der Waals surface area contributed by atoms with Crippen LogP contribution in [-0.4, -0.2) is 48.8 Å². The monoisotopic (exact) mass is 358 g/mol. The summed E-state index contributed by atoms with van der Waals surface area (Å²) in [7, 11) is -3.92. The molecule has 9 heteroatoms. The molecule has 1 aliphatic heterocycles. The zero-order chi connectivity index (χ0) is 17.7. The fourth-order valence-corrected chi connectivity index (χ4v) is 4.26. The Morgan fingerprint density at radius 3 is 2.54 bits per heavy atom. The quantitative estimate of drug-likeness (QED) is 0.788. The Hall–Kier alpha value is -2.00. The van der Waals surface area contributed by atoms with E-state index < -0.39 is 33.8 Å². The number of piperidine rings is 1. The summed E-state index contributed by atoms with van der Waals surface area (Å²) in [5.41, 5.74) is 0. The maximum atomic E-state index is 13.0. The summed E-state index contributed by atoms with van der Waals surface area (Å²) in [5.74, 6) is -2.10. The lowest BCUT2D eigenvalue weighted by Gasteiger charge is -2.33. The summed E-state index contributed by atoms with van der Waals surface area (Å²) in [5, 5.41) is 11.1. The lowest BCUT2D eigenvalue weighted by atomic mass is 10.0. The van der Waals surface area contributed by atoms with Crippen molar-refractivity contribution in [1.29, 1.82) is 0 Å². The molecule has 1 atom stereocenters. The fraction of sp³-hybridized carbons (Fsp3) is 0.467. The van der Waals surface area contributed by atoms with Gasteiger partial charge in [-0.2, -0.15) is 4.31 Å². The molecule has 1 aliphatic rings. The molecule has 24 heavy (non-hydrogen) atoms. The molecular formula is C15H19FN2O5S. The third kappa shape index (κ3) is 4.30. The predicted molar refractivity (Wildman–Crippen MR) is 83.2 cm³/mol. The summed E-state index contributed by atoms with van der Waals surface area (Å²) < 4.78 is 39.6. The third-order valence-corrected chi connectivity index (χ3v) is 5.74. The first-order valence-corrected chi connectivity index (χ1v) is 9.03. The largest absolute Gasteiger partial charge is 0.481 e. The first kappa shape index (κ1) is 18.3. The Balaban J connectivity index is 2.17. The molecule has 0 aliphatic carbocycles. The van der Waals surface area contributed by atoms with Crippen LogP contribution in [0.5, 0.6) is 0 Å². The Morgan fingerprint density at radius 2 is 1.92 bits per heavy atom. The number of benzene rings is 1. The average Bonchev–Trinajstić information content (AvgIpc) is 2.55. The van der Waals surface area contributed by atoms with Gasteiger partial charge in [-0.05, 0) is 37.1 Å². The number of sulfonamides is 1. The molecule has 7 nitrogen and oxygen atoms in total. The molecule has 0 aromatic heterocycles. The van der Waals surface area contributed by atoms with E-state index in [9.17, 15) is 22.4 Å². The van der Waals surface area contributed by atoms with Crippen molar-refractivity contribution in [2.45, 2.75) is 36.6 Å². The molecule has 1 saturated heterocycles. The van der Waals surface area contributed by atoms with E-state index in [-0.39, 0.29) is 24.4 Å². The minimum Gasteiger partial charge on any atom is -0.481 e. The number of amides is 1. The van der Waals surface area contributed by atoms with Gasteiger partial charge in [-0.1, -0.05) is 6.42 Å².